The van der Waals surface area contributed by atoms with E-state index in [0.717, 1.165) is 40.7 Å². The Morgan fingerprint density at radius 1 is 0.742 bits per heavy atom. The molecule has 0 saturated carbocycles. The average Bonchev–Trinajstić information content (AvgIpc) is 1.75. The number of fused-ring (bicyclic) bond motifs is 1. The number of pyridine rings is 1. The summed E-state index contributed by atoms with van der Waals surface area (Å²) >= 11 is 3.57. The lowest BCUT2D eigenvalue weighted by Gasteiger charge is -2.36. The van der Waals surface area contributed by atoms with Crippen LogP contribution in [0.3, 0.4) is 0 Å². The number of carbonyl (C=O) groups is 10. The van der Waals surface area contributed by atoms with Gasteiger partial charge in [-0.1, -0.05) is 31.9 Å². The molecule has 4 aliphatic heterocycles. The van der Waals surface area contributed by atoms with Gasteiger partial charge in [-0.05, 0) is 110 Å². The number of carbonyl (C=O) groups excluding carboxylic acids is 7. The minimum Gasteiger partial charge on any atom is -0.494 e. The Hall–Kier alpha value is -7.22. The lowest BCUT2D eigenvalue weighted by Crippen LogP contribution is -2.51. The monoisotopic (exact) mass is 1490 g/mol. The number of nitrogens with one attached hydrogen (secondary N) is 3. The molecule has 6 N–H and O–H groups in total. The average molecular weight is 1490 g/mol. The number of thioether (sulfide) groups is 1. The van der Waals surface area contributed by atoms with Crippen molar-refractivity contribution < 1.29 is 76.8 Å². The molecule has 31 heteroatoms. The van der Waals surface area contributed by atoms with Crippen LogP contribution in [-0.4, -0.2) is 292 Å². The number of halogens is 3. The third kappa shape index (κ3) is 25.9. The molecule has 1 unspecified atom stereocenters. The number of benzene rings is 2. The smallest absolute Gasteiger partial charge is 0.317 e. The van der Waals surface area contributed by atoms with E-state index in [2.05, 4.69) is 60.6 Å². The second-order valence-electron chi connectivity index (χ2n) is 25.1. The fourth-order valence-corrected chi connectivity index (χ4v) is 14.0. The number of nitriles is 1. The van der Waals surface area contributed by atoms with Crippen LogP contribution in [0.25, 0.3) is 10.9 Å². The molecule has 97 heavy (non-hydrogen) atoms. The van der Waals surface area contributed by atoms with Crippen molar-refractivity contribution in [1.82, 2.24) is 60.1 Å². The SMILES string of the molecule is C[C@H](CN1C(=O)CC(S[C@H](CCCCCNC(=O)CCCc2ccc(I)cc2)CNC(=O)CN2CCN(CC(=O)O)CCN(CC(=O)O)CCN(CC(=O)O)CC2)C1=O)C(=O)N1CCN(CCCCOc2ccc3nccc(C(=O)NCC(=O)N4CC(F)(F)C[C@@H]4C#N)c3c2)CC1. The van der Waals surface area contributed by atoms with E-state index in [1.54, 1.807) is 50.8 Å². The number of nitrogens with zero attached hydrogens (tertiary/aromatic N) is 10. The van der Waals surface area contributed by atoms with Crippen molar-refractivity contribution in [3.63, 3.8) is 0 Å². The molecule has 2 aromatic carbocycles. The number of carboxylic acids is 3. The van der Waals surface area contributed by atoms with Gasteiger partial charge in [0.15, 0.2) is 0 Å². The Balaban J connectivity index is 0.868. The number of amides is 7. The molecule has 0 aliphatic carbocycles. The Bertz CT molecular complexity index is 3220. The van der Waals surface area contributed by atoms with Gasteiger partial charge in [-0.2, -0.15) is 5.26 Å². The number of aryl methyl sites for hydroxylation is 1. The molecule has 7 rings (SSSR count). The number of carboxylic acid groups (broad SMARTS) is 3. The van der Waals surface area contributed by atoms with Gasteiger partial charge < -0.3 is 45.8 Å². The maximum Gasteiger partial charge on any atom is 0.317 e. The molecule has 530 valence electrons. The lowest BCUT2D eigenvalue weighted by molar-refractivity contribution is -0.143. The van der Waals surface area contributed by atoms with E-state index in [9.17, 15) is 77.3 Å². The second-order valence-corrected chi connectivity index (χ2v) is 27.9. The zero-order valence-electron chi connectivity index (χ0n) is 54.9. The summed E-state index contributed by atoms with van der Waals surface area (Å²) in [5.41, 5.74) is 1.87. The van der Waals surface area contributed by atoms with Crippen LogP contribution < -0.4 is 20.7 Å². The minimum atomic E-state index is -3.19. The van der Waals surface area contributed by atoms with Gasteiger partial charge in [-0.3, -0.25) is 82.3 Å². The third-order valence-electron chi connectivity index (χ3n) is 17.6. The summed E-state index contributed by atoms with van der Waals surface area (Å²) in [6.45, 7) is 4.84. The van der Waals surface area contributed by atoms with E-state index in [1.165, 1.54) is 34.5 Å². The summed E-state index contributed by atoms with van der Waals surface area (Å²) < 4.78 is 35.1. The first-order chi connectivity index (χ1) is 46.4. The zero-order chi connectivity index (χ0) is 70.0. The van der Waals surface area contributed by atoms with E-state index in [-0.39, 0.29) is 127 Å². The van der Waals surface area contributed by atoms with Crippen molar-refractivity contribution >= 4 is 105 Å². The summed E-state index contributed by atoms with van der Waals surface area (Å²) in [6, 6.07) is 15.2. The summed E-state index contributed by atoms with van der Waals surface area (Å²) in [5.74, 6) is -9.35. The van der Waals surface area contributed by atoms with Gasteiger partial charge in [0.1, 0.15) is 11.8 Å². The van der Waals surface area contributed by atoms with Crippen LogP contribution in [0.1, 0.15) is 87.1 Å². The largest absolute Gasteiger partial charge is 0.494 e. The van der Waals surface area contributed by atoms with Gasteiger partial charge in [-0.25, -0.2) is 8.78 Å². The van der Waals surface area contributed by atoms with Crippen LogP contribution in [0.4, 0.5) is 8.78 Å². The highest BCUT2D eigenvalue weighted by molar-refractivity contribution is 14.1. The topological polar surface area (TPSA) is 339 Å². The Morgan fingerprint density at radius 2 is 1.36 bits per heavy atom. The van der Waals surface area contributed by atoms with Gasteiger partial charge in [0.05, 0.1) is 74.2 Å². The molecule has 4 saturated heterocycles. The normalized spacial score (nSPS) is 19.4. The first kappa shape index (κ1) is 77.1. The molecule has 3 aromatic rings. The van der Waals surface area contributed by atoms with E-state index in [1.807, 2.05) is 17.0 Å². The number of aromatic nitrogens is 1. The molecular formula is C66H90F2IN13O14S. The Labute approximate surface area is 581 Å². The number of alkyl halides is 2. The lowest BCUT2D eigenvalue weighted by atomic mass is 10.1. The number of unbranched alkanes of at least 4 members (excludes halogenated alkanes) is 3. The highest BCUT2D eigenvalue weighted by Crippen LogP contribution is 2.33. The Morgan fingerprint density at radius 3 is 1.98 bits per heavy atom. The molecule has 7 amide bonds. The third-order valence-corrected chi connectivity index (χ3v) is 19.8. The quantitative estimate of drug-likeness (QED) is 0.0284. The van der Waals surface area contributed by atoms with Gasteiger partial charge in [-0.15, -0.1) is 11.8 Å². The van der Waals surface area contributed by atoms with E-state index >= 15 is 0 Å². The van der Waals surface area contributed by atoms with E-state index < -0.39 is 84.2 Å². The molecule has 1 aromatic heterocycles. The van der Waals surface area contributed by atoms with Crippen molar-refractivity contribution in [2.45, 2.75) is 100 Å². The maximum absolute atomic E-state index is 14.2. The van der Waals surface area contributed by atoms with E-state index in [4.69, 9.17) is 4.74 Å². The van der Waals surface area contributed by atoms with Gasteiger partial charge >= 0.3 is 17.9 Å². The van der Waals surface area contributed by atoms with Gasteiger partial charge in [0, 0.05) is 138 Å². The van der Waals surface area contributed by atoms with Crippen LogP contribution in [0, 0.1) is 20.8 Å². The van der Waals surface area contributed by atoms with Crippen LogP contribution >= 0.6 is 34.4 Å². The van der Waals surface area contributed by atoms with Gasteiger partial charge in [0.25, 0.3) is 11.8 Å². The predicted molar refractivity (Wildman–Crippen MR) is 363 cm³/mol. The number of ether oxygens (including phenoxy) is 1. The number of likely N-dealkylation sites (tertiary alicyclic amines) is 2. The molecular weight excluding hydrogens is 1400 g/mol. The van der Waals surface area contributed by atoms with Crippen molar-refractivity contribution in [3.8, 4) is 11.8 Å². The summed E-state index contributed by atoms with van der Waals surface area (Å²) in [5, 5.41) is 46.1. The number of rotatable bonds is 34. The number of imide groups is 1. The molecule has 0 radical (unpaired) electrons. The fourth-order valence-electron chi connectivity index (χ4n) is 12.2. The standard InChI is InChI=1S/C66H90F2IN13O14S/c1-46(64(94)80-31-29-75(30-32-80)20-5-6-33-96-50-15-16-54-53(34-50)52(17-19-71-54)63(93)74-39-59(86)82-45-66(67,68)36-49(82)37-70)40-81-58(85)35-55(65(81)95)97-51(9-3-2-4-18-72-56(83)10-7-8-47-11-13-48(69)14-12-47)38-73-57(84)41-76-21-23-77(42-60(87)88)25-27-79(44-62(91)92)28-26-78(24-22-76)43-61(89)90/h11-17,19,34,46,49,51,55H,2-10,18,20-33,35-36,38-45H2,1H3,(H,72,83)(H,73,84)(H,74,93)(H,87,88)(H,89,90)(H,91,92)/t46-,49-,51-,55?/m1/s1. The summed E-state index contributed by atoms with van der Waals surface area (Å²) in [7, 11) is 0. The number of hydrogen-bond acceptors (Lipinski definition) is 19. The summed E-state index contributed by atoms with van der Waals surface area (Å²) in [6.07, 6.45) is 6.67. The second kappa shape index (κ2) is 38.8. The molecule has 27 nitrogen and oxygen atoms in total. The molecule has 4 fully saturated rings. The van der Waals surface area contributed by atoms with Crippen LogP contribution in [0.2, 0.25) is 0 Å². The molecule has 4 aliphatic rings. The van der Waals surface area contributed by atoms with Gasteiger partial charge in [0.2, 0.25) is 35.4 Å². The van der Waals surface area contributed by atoms with E-state index in [0.29, 0.717) is 88.1 Å². The number of piperazine rings is 1. The van der Waals surface area contributed by atoms with Crippen LogP contribution in [-0.2, 0) is 49.6 Å². The first-order valence-corrected chi connectivity index (χ1v) is 35.1. The molecule has 0 spiro atoms. The van der Waals surface area contributed by atoms with Crippen molar-refractivity contribution in [2.24, 2.45) is 5.92 Å². The fraction of sp³-hybridized carbons (Fsp3) is 0.606. The maximum atomic E-state index is 14.2. The summed E-state index contributed by atoms with van der Waals surface area (Å²) in [4.78, 5) is 147. The van der Waals surface area contributed by atoms with Crippen molar-refractivity contribution in [3.05, 3.63) is 69.4 Å². The molecule has 0 bridgehead atoms. The van der Waals surface area contributed by atoms with Crippen molar-refractivity contribution in [1.29, 1.82) is 5.26 Å². The zero-order valence-corrected chi connectivity index (χ0v) is 57.9. The molecule has 4 atom stereocenters. The predicted octanol–water partition coefficient (Wildman–Crippen LogP) is 2.79. The number of aliphatic carboxylic acids is 3. The number of hydrogen-bond donors (Lipinski definition) is 6. The highest BCUT2D eigenvalue weighted by atomic mass is 127. The highest BCUT2D eigenvalue weighted by Gasteiger charge is 2.47. The van der Waals surface area contributed by atoms with Crippen LogP contribution in [0.15, 0.2) is 54.7 Å². The Kier molecular flexibility index (Phi) is 30.9. The minimum absolute atomic E-state index is 0.0257. The van der Waals surface area contributed by atoms with Crippen LogP contribution in [0.5, 0.6) is 5.75 Å². The first-order valence-electron chi connectivity index (χ1n) is 33.1. The molecule has 5 heterocycles. The van der Waals surface area contributed by atoms with Crippen molar-refractivity contribution in [2.75, 3.05) is 151 Å².